The monoisotopic (exact) mass is 305 g/mol. The maximum absolute atomic E-state index is 12.6. The van der Waals surface area contributed by atoms with Gasteiger partial charge in [-0.25, -0.2) is 8.42 Å². The summed E-state index contributed by atoms with van der Waals surface area (Å²) in [5.41, 5.74) is 5.54. The minimum atomic E-state index is -3.77. The molecule has 0 spiro atoms. The van der Waals surface area contributed by atoms with Crippen molar-refractivity contribution in [1.29, 1.82) is 0 Å². The molecule has 7 heteroatoms. The van der Waals surface area contributed by atoms with Crippen LogP contribution in [0.15, 0.2) is 17.0 Å². The van der Waals surface area contributed by atoms with E-state index in [0.717, 1.165) is 6.42 Å². The van der Waals surface area contributed by atoms with Crippen molar-refractivity contribution >= 4 is 27.1 Å². The Kier molecular flexibility index (Phi) is 3.94. The second-order valence-corrected chi connectivity index (χ2v) is 7.11. The maximum atomic E-state index is 12.6. The summed E-state index contributed by atoms with van der Waals surface area (Å²) in [4.78, 5) is -0.289. The van der Waals surface area contributed by atoms with Crippen LogP contribution in [0, 0.1) is 0 Å². The summed E-state index contributed by atoms with van der Waals surface area (Å²) in [7, 11) is -2.29. The average Bonchev–Trinajstić information content (AvgIpc) is 2.83. The van der Waals surface area contributed by atoms with Gasteiger partial charge >= 0.3 is 0 Å². The predicted molar refractivity (Wildman–Crippen MR) is 73.2 cm³/mol. The Labute approximate surface area is 117 Å². The number of anilines is 1. The third-order valence-electron chi connectivity index (χ3n) is 3.49. The van der Waals surface area contributed by atoms with E-state index in [0.29, 0.717) is 12.8 Å². The molecular formula is C12H16ClNO4S. The van der Waals surface area contributed by atoms with Crippen LogP contribution < -0.4 is 5.73 Å². The molecule has 2 atom stereocenters. The molecule has 1 saturated carbocycles. The van der Waals surface area contributed by atoms with E-state index in [1.165, 1.54) is 19.2 Å². The van der Waals surface area contributed by atoms with E-state index in [9.17, 15) is 13.5 Å². The first-order chi connectivity index (χ1) is 8.89. The van der Waals surface area contributed by atoms with E-state index < -0.39 is 20.8 Å². The molecule has 0 aliphatic heterocycles. The topological polar surface area (TPSA) is 89.6 Å². The van der Waals surface area contributed by atoms with Crippen LogP contribution in [0.1, 0.15) is 19.3 Å². The molecule has 1 aromatic rings. The minimum Gasteiger partial charge on any atom is -0.504 e. The molecule has 1 fully saturated rings. The first kappa shape index (κ1) is 14.4. The van der Waals surface area contributed by atoms with Crippen LogP contribution in [0.4, 0.5) is 5.69 Å². The normalized spacial score (nSPS) is 23.7. The molecule has 1 aromatic carbocycles. The Balaban J connectivity index is 2.54. The van der Waals surface area contributed by atoms with E-state index in [-0.39, 0.29) is 21.7 Å². The molecular weight excluding hydrogens is 290 g/mol. The van der Waals surface area contributed by atoms with Gasteiger partial charge in [-0.15, -0.1) is 0 Å². The number of nitrogen functional groups attached to an aromatic ring is 1. The number of aromatic hydroxyl groups is 1. The quantitative estimate of drug-likeness (QED) is 0.658. The lowest BCUT2D eigenvalue weighted by molar-refractivity contribution is 0.111. The third kappa shape index (κ3) is 2.40. The Morgan fingerprint density at radius 1 is 1.42 bits per heavy atom. The highest BCUT2D eigenvalue weighted by Gasteiger charge is 2.41. The summed E-state index contributed by atoms with van der Waals surface area (Å²) in [6, 6.07) is 2.75. The van der Waals surface area contributed by atoms with Gasteiger partial charge in [0.2, 0.25) is 0 Å². The molecule has 0 unspecified atom stereocenters. The summed E-state index contributed by atoms with van der Waals surface area (Å²) in [6.07, 6.45) is 1.57. The van der Waals surface area contributed by atoms with E-state index in [1.807, 2.05) is 0 Å². The zero-order valence-corrected chi connectivity index (χ0v) is 12.0. The van der Waals surface area contributed by atoms with Crippen LogP contribution in [-0.2, 0) is 14.6 Å². The molecule has 0 heterocycles. The van der Waals surface area contributed by atoms with Crippen LogP contribution in [0.3, 0.4) is 0 Å². The number of nitrogens with two attached hydrogens (primary N) is 1. The maximum Gasteiger partial charge on any atom is 0.188 e. The summed E-state index contributed by atoms with van der Waals surface area (Å²) >= 11 is 5.92. The van der Waals surface area contributed by atoms with Gasteiger partial charge in [0.05, 0.1) is 22.1 Å². The number of halogens is 1. The first-order valence-corrected chi connectivity index (χ1v) is 7.85. The number of methoxy groups -OCH3 is 1. The SMILES string of the molecule is CO[C@@H]1CCC[C@H]1S(=O)(=O)c1c(Cl)ccc(N)c1O. The van der Waals surface area contributed by atoms with Crippen LogP contribution in [0.2, 0.25) is 5.02 Å². The Hall–Kier alpha value is -0.980. The molecule has 5 nitrogen and oxygen atoms in total. The Morgan fingerprint density at radius 3 is 2.74 bits per heavy atom. The van der Waals surface area contributed by atoms with Crippen LogP contribution in [0.5, 0.6) is 5.75 Å². The van der Waals surface area contributed by atoms with Gasteiger partial charge in [-0.05, 0) is 31.4 Å². The predicted octanol–water partition coefficient (Wildman–Crippen LogP) is 1.97. The molecule has 0 aromatic heterocycles. The smallest absolute Gasteiger partial charge is 0.188 e. The Morgan fingerprint density at radius 2 is 2.11 bits per heavy atom. The molecule has 1 aliphatic rings. The fourth-order valence-corrected chi connectivity index (χ4v) is 5.13. The van der Waals surface area contributed by atoms with Crippen molar-refractivity contribution in [2.24, 2.45) is 0 Å². The number of hydrogen-bond acceptors (Lipinski definition) is 5. The highest BCUT2D eigenvalue weighted by molar-refractivity contribution is 7.92. The fourth-order valence-electron chi connectivity index (χ4n) is 2.50. The molecule has 106 valence electrons. The van der Waals surface area contributed by atoms with Crippen molar-refractivity contribution in [2.45, 2.75) is 35.5 Å². The third-order valence-corrected chi connectivity index (χ3v) is 6.24. The summed E-state index contributed by atoms with van der Waals surface area (Å²) in [5, 5.41) is 9.19. The van der Waals surface area contributed by atoms with Crippen molar-refractivity contribution in [2.75, 3.05) is 12.8 Å². The van der Waals surface area contributed by atoms with Gasteiger partial charge in [0.25, 0.3) is 0 Å². The summed E-state index contributed by atoms with van der Waals surface area (Å²) in [6.45, 7) is 0. The Bertz CT molecular complexity index is 588. The highest BCUT2D eigenvalue weighted by atomic mass is 35.5. The van der Waals surface area contributed by atoms with E-state index in [4.69, 9.17) is 22.1 Å². The molecule has 2 rings (SSSR count). The zero-order valence-electron chi connectivity index (χ0n) is 10.5. The van der Waals surface area contributed by atoms with Crippen LogP contribution >= 0.6 is 11.6 Å². The molecule has 0 saturated heterocycles. The van der Waals surface area contributed by atoms with Crippen molar-refractivity contribution in [3.05, 3.63) is 17.2 Å². The molecule has 1 aliphatic carbocycles. The molecule has 0 amide bonds. The van der Waals surface area contributed by atoms with E-state index >= 15 is 0 Å². The van der Waals surface area contributed by atoms with Gasteiger partial charge in [0.1, 0.15) is 4.90 Å². The van der Waals surface area contributed by atoms with E-state index in [2.05, 4.69) is 0 Å². The standard InChI is InChI=1S/C12H16ClNO4S/c1-18-9-3-2-4-10(9)19(16,17)12-7(13)5-6-8(14)11(12)15/h5-6,9-10,15H,2-4,14H2,1H3/t9-,10-/m1/s1. The number of benzene rings is 1. The largest absolute Gasteiger partial charge is 0.504 e. The van der Waals surface area contributed by atoms with Crippen LogP contribution in [-0.4, -0.2) is 32.0 Å². The molecule has 3 N–H and O–H groups in total. The number of phenolic OH excluding ortho intramolecular Hbond substituents is 1. The van der Waals surface area contributed by atoms with Crippen LogP contribution in [0.25, 0.3) is 0 Å². The van der Waals surface area contributed by atoms with Gasteiger partial charge in [0.15, 0.2) is 15.6 Å². The van der Waals surface area contributed by atoms with Crippen molar-refractivity contribution in [3.63, 3.8) is 0 Å². The van der Waals surface area contributed by atoms with Gasteiger partial charge in [-0.3, -0.25) is 0 Å². The lowest BCUT2D eigenvalue weighted by atomic mass is 10.3. The fraction of sp³-hybridized carbons (Fsp3) is 0.500. The molecule has 19 heavy (non-hydrogen) atoms. The summed E-state index contributed by atoms with van der Waals surface area (Å²) < 4.78 is 30.4. The summed E-state index contributed by atoms with van der Waals surface area (Å²) in [5.74, 6) is -0.478. The van der Waals surface area contributed by atoms with Gasteiger partial charge in [-0.2, -0.15) is 0 Å². The number of hydrogen-bond donors (Lipinski definition) is 2. The lowest BCUT2D eigenvalue weighted by Crippen LogP contribution is -2.31. The van der Waals surface area contributed by atoms with Crippen molar-refractivity contribution < 1.29 is 18.3 Å². The number of ether oxygens (including phenoxy) is 1. The van der Waals surface area contributed by atoms with E-state index in [1.54, 1.807) is 0 Å². The van der Waals surface area contributed by atoms with Gasteiger partial charge < -0.3 is 15.6 Å². The number of rotatable bonds is 3. The molecule has 0 bridgehead atoms. The molecule has 0 radical (unpaired) electrons. The van der Waals surface area contributed by atoms with Gasteiger partial charge in [-0.1, -0.05) is 11.6 Å². The second kappa shape index (κ2) is 5.19. The van der Waals surface area contributed by atoms with Crippen molar-refractivity contribution in [1.82, 2.24) is 0 Å². The lowest BCUT2D eigenvalue weighted by Gasteiger charge is -2.20. The number of sulfone groups is 1. The second-order valence-electron chi connectivity index (χ2n) is 4.60. The number of phenols is 1. The van der Waals surface area contributed by atoms with Gasteiger partial charge in [0, 0.05) is 7.11 Å². The first-order valence-electron chi connectivity index (χ1n) is 5.93. The van der Waals surface area contributed by atoms with Crippen molar-refractivity contribution in [3.8, 4) is 5.75 Å². The minimum absolute atomic E-state index is 0.00469. The highest BCUT2D eigenvalue weighted by Crippen LogP contribution is 2.41. The zero-order chi connectivity index (χ0) is 14.2. The average molecular weight is 306 g/mol.